The molecule has 0 fully saturated rings. The number of aryl methyl sites for hydroxylation is 2. The van der Waals surface area contributed by atoms with Gasteiger partial charge in [0, 0.05) is 0 Å². The van der Waals surface area contributed by atoms with E-state index in [2.05, 4.69) is 26.8 Å². The minimum atomic E-state index is -0.663. The van der Waals surface area contributed by atoms with Crippen molar-refractivity contribution in [3.8, 4) is 11.5 Å². The van der Waals surface area contributed by atoms with E-state index in [0.717, 1.165) is 56.1 Å². The minimum absolute atomic E-state index is 0.556. The average molecular weight is 411 g/mol. The van der Waals surface area contributed by atoms with E-state index in [4.69, 9.17) is 9.47 Å². The summed E-state index contributed by atoms with van der Waals surface area (Å²) >= 11 is 0. The lowest BCUT2D eigenvalue weighted by molar-refractivity contribution is 0.151. The molecular formula is C27H38O3. The largest absolute Gasteiger partial charge is 0.519 e. The highest BCUT2D eigenvalue weighted by Crippen LogP contribution is 2.31. The number of ether oxygens (including phenoxy) is 2. The lowest BCUT2D eigenvalue weighted by atomic mass is 9.90. The number of rotatable bonds is 11. The van der Waals surface area contributed by atoms with Gasteiger partial charge in [0.1, 0.15) is 11.5 Å². The molecule has 0 saturated carbocycles. The Bertz CT molecular complexity index is 823. The van der Waals surface area contributed by atoms with Gasteiger partial charge < -0.3 is 9.47 Å². The van der Waals surface area contributed by atoms with E-state index in [-0.39, 0.29) is 0 Å². The van der Waals surface area contributed by atoms with Gasteiger partial charge in [0.25, 0.3) is 0 Å². The summed E-state index contributed by atoms with van der Waals surface area (Å²) in [4.78, 5) is 12.6. The summed E-state index contributed by atoms with van der Waals surface area (Å²) < 4.78 is 11.3. The summed E-state index contributed by atoms with van der Waals surface area (Å²) in [5, 5.41) is 0. The van der Waals surface area contributed by atoms with Gasteiger partial charge in [0.15, 0.2) is 0 Å². The van der Waals surface area contributed by atoms with Gasteiger partial charge in [-0.25, -0.2) is 4.79 Å². The summed E-state index contributed by atoms with van der Waals surface area (Å²) in [6.07, 6.45) is 9.25. The van der Waals surface area contributed by atoms with Gasteiger partial charge in [0.2, 0.25) is 0 Å². The first-order valence-electron chi connectivity index (χ1n) is 11.6. The van der Waals surface area contributed by atoms with Crippen molar-refractivity contribution < 1.29 is 14.3 Å². The van der Waals surface area contributed by atoms with Crippen LogP contribution in [0.4, 0.5) is 4.79 Å². The maximum Gasteiger partial charge on any atom is 0.519 e. The fraction of sp³-hybridized carbons (Fsp3) is 0.519. The topological polar surface area (TPSA) is 35.5 Å². The summed E-state index contributed by atoms with van der Waals surface area (Å²) in [6, 6.07) is 9.82. The van der Waals surface area contributed by atoms with E-state index in [0.29, 0.717) is 11.5 Å². The average Bonchev–Trinajstić information content (AvgIpc) is 2.73. The molecule has 0 radical (unpaired) electrons. The quantitative estimate of drug-likeness (QED) is 0.279. The third-order valence-corrected chi connectivity index (χ3v) is 5.79. The second-order valence-electron chi connectivity index (χ2n) is 8.14. The molecule has 0 aromatic heterocycles. The van der Waals surface area contributed by atoms with Gasteiger partial charge in [-0.1, -0.05) is 58.2 Å². The van der Waals surface area contributed by atoms with Crippen molar-refractivity contribution in [2.45, 2.75) is 92.4 Å². The second kappa shape index (κ2) is 12.4. The third kappa shape index (κ3) is 6.62. The Morgan fingerprint density at radius 1 is 0.733 bits per heavy atom. The zero-order valence-corrected chi connectivity index (χ0v) is 19.5. The van der Waals surface area contributed by atoms with E-state index in [1.54, 1.807) is 0 Å². The van der Waals surface area contributed by atoms with Gasteiger partial charge in [-0.15, -0.1) is 0 Å². The van der Waals surface area contributed by atoms with Crippen LogP contribution in [0.25, 0.3) is 0 Å². The van der Waals surface area contributed by atoms with Crippen LogP contribution >= 0.6 is 0 Å². The fourth-order valence-electron chi connectivity index (χ4n) is 3.74. The van der Waals surface area contributed by atoms with Gasteiger partial charge in [0.05, 0.1) is 0 Å². The Balaban J connectivity index is 2.31. The van der Waals surface area contributed by atoms with E-state index in [1.165, 1.54) is 29.5 Å². The molecule has 0 N–H and O–H groups in total. The molecule has 0 heterocycles. The second-order valence-corrected chi connectivity index (χ2v) is 8.14. The number of hydrogen-bond acceptors (Lipinski definition) is 3. The lowest BCUT2D eigenvalue weighted by Crippen LogP contribution is -2.16. The molecule has 0 aliphatic carbocycles. The van der Waals surface area contributed by atoms with Crippen molar-refractivity contribution in [1.29, 1.82) is 0 Å². The van der Waals surface area contributed by atoms with E-state index in [9.17, 15) is 4.79 Å². The zero-order chi connectivity index (χ0) is 21.9. The molecule has 0 aliphatic rings. The van der Waals surface area contributed by atoms with Crippen LogP contribution in [-0.4, -0.2) is 6.16 Å². The van der Waals surface area contributed by atoms with Crippen molar-refractivity contribution in [1.82, 2.24) is 0 Å². The highest BCUT2D eigenvalue weighted by Gasteiger charge is 2.18. The molecule has 0 amide bonds. The van der Waals surface area contributed by atoms with Crippen LogP contribution in [0, 0.1) is 13.8 Å². The predicted molar refractivity (Wildman–Crippen MR) is 125 cm³/mol. The molecule has 2 aromatic rings. The maximum absolute atomic E-state index is 12.6. The highest BCUT2D eigenvalue weighted by atomic mass is 16.7. The Labute approximate surface area is 182 Å². The van der Waals surface area contributed by atoms with Crippen LogP contribution < -0.4 is 9.47 Å². The third-order valence-electron chi connectivity index (χ3n) is 5.79. The lowest BCUT2D eigenvalue weighted by Gasteiger charge is -2.19. The molecule has 3 nitrogen and oxygen atoms in total. The van der Waals surface area contributed by atoms with Crippen LogP contribution in [0.5, 0.6) is 11.5 Å². The molecular weight excluding hydrogens is 372 g/mol. The summed E-state index contributed by atoms with van der Waals surface area (Å²) in [5.41, 5.74) is 6.03. The molecule has 30 heavy (non-hydrogen) atoms. The summed E-state index contributed by atoms with van der Waals surface area (Å²) in [5.74, 6) is 1.21. The minimum Gasteiger partial charge on any atom is -0.394 e. The van der Waals surface area contributed by atoms with Crippen LogP contribution in [-0.2, 0) is 19.3 Å². The molecule has 0 unspecified atom stereocenters. The number of carbonyl (C=O) groups is 1. The molecule has 0 saturated heterocycles. The molecule has 0 atom stereocenters. The Morgan fingerprint density at radius 2 is 1.33 bits per heavy atom. The first-order chi connectivity index (χ1) is 14.5. The normalized spacial score (nSPS) is 10.8. The van der Waals surface area contributed by atoms with E-state index < -0.39 is 6.16 Å². The molecule has 0 spiro atoms. The van der Waals surface area contributed by atoms with Crippen molar-refractivity contribution >= 4 is 6.16 Å². The number of carbonyl (C=O) groups excluding carboxylic acids is 1. The van der Waals surface area contributed by atoms with E-state index in [1.807, 2.05) is 38.1 Å². The molecule has 2 aromatic carbocycles. The van der Waals surface area contributed by atoms with Crippen molar-refractivity contribution in [3.63, 3.8) is 0 Å². The Morgan fingerprint density at radius 3 is 2.00 bits per heavy atom. The van der Waals surface area contributed by atoms with Crippen molar-refractivity contribution in [3.05, 3.63) is 58.1 Å². The molecule has 0 bridgehead atoms. The smallest absolute Gasteiger partial charge is 0.394 e. The van der Waals surface area contributed by atoms with Crippen LogP contribution in [0.3, 0.4) is 0 Å². The van der Waals surface area contributed by atoms with Gasteiger partial charge in [-0.2, -0.15) is 0 Å². The van der Waals surface area contributed by atoms with Gasteiger partial charge in [-0.3, -0.25) is 0 Å². The van der Waals surface area contributed by atoms with Crippen LogP contribution in [0.15, 0.2) is 30.3 Å². The molecule has 0 aliphatic heterocycles. The predicted octanol–water partition coefficient (Wildman–Crippen LogP) is 7.91. The first kappa shape index (κ1) is 24.0. The standard InChI is InChI=1S/C27H38O3/c1-6-9-14-22-18-19-26(24(16-11-8-3)23(22)15-10-7-2)30-27(28)29-25-17-12-13-20(4)21(25)5/h12-13,17-19H,6-11,14-16H2,1-5H3. The maximum atomic E-state index is 12.6. The van der Waals surface area contributed by atoms with Crippen molar-refractivity contribution in [2.24, 2.45) is 0 Å². The number of hydrogen-bond donors (Lipinski definition) is 0. The number of unbranched alkanes of at least 4 members (excludes halogenated alkanes) is 3. The number of benzene rings is 2. The summed E-state index contributed by atoms with van der Waals surface area (Å²) in [7, 11) is 0. The monoisotopic (exact) mass is 410 g/mol. The zero-order valence-electron chi connectivity index (χ0n) is 19.5. The molecule has 3 heteroatoms. The van der Waals surface area contributed by atoms with Gasteiger partial charge in [-0.05, 0) is 92.3 Å². The molecule has 2 rings (SSSR count). The Kier molecular flexibility index (Phi) is 9.93. The highest BCUT2D eigenvalue weighted by molar-refractivity contribution is 5.69. The van der Waals surface area contributed by atoms with E-state index >= 15 is 0 Å². The summed E-state index contributed by atoms with van der Waals surface area (Å²) in [6.45, 7) is 10.6. The first-order valence-corrected chi connectivity index (χ1v) is 11.6. The van der Waals surface area contributed by atoms with Crippen LogP contribution in [0.1, 0.15) is 87.1 Å². The fourth-order valence-corrected chi connectivity index (χ4v) is 3.74. The molecule has 164 valence electrons. The Hall–Kier alpha value is -2.29. The SMILES string of the molecule is CCCCc1ccc(OC(=O)Oc2cccc(C)c2C)c(CCCC)c1CCCC. The van der Waals surface area contributed by atoms with Crippen molar-refractivity contribution in [2.75, 3.05) is 0 Å². The van der Waals surface area contributed by atoms with Gasteiger partial charge >= 0.3 is 6.16 Å². The van der Waals surface area contributed by atoms with Crippen LogP contribution in [0.2, 0.25) is 0 Å².